The molecule has 1 aliphatic carbocycles. The first-order valence-corrected chi connectivity index (χ1v) is 7.32. The van der Waals surface area contributed by atoms with Gasteiger partial charge in [-0.2, -0.15) is 0 Å². The highest BCUT2D eigenvalue weighted by atomic mass is 19.1. The number of carbonyl (C=O) groups is 1. The van der Waals surface area contributed by atoms with E-state index in [1.54, 1.807) is 12.1 Å². The number of halogens is 1. The molecule has 0 heterocycles. The minimum absolute atomic E-state index is 0.0950. The Morgan fingerprint density at radius 1 is 1.50 bits per heavy atom. The maximum Gasteiger partial charge on any atom is 0.244 e. The molecule has 0 radical (unpaired) electrons. The van der Waals surface area contributed by atoms with E-state index in [0.717, 1.165) is 30.4 Å². The van der Waals surface area contributed by atoms with Gasteiger partial charge in [-0.1, -0.05) is 19.4 Å². The third kappa shape index (κ3) is 3.27. The number of rotatable bonds is 4. The Morgan fingerprint density at radius 2 is 2.25 bits per heavy atom. The van der Waals surface area contributed by atoms with Gasteiger partial charge in [0.25, 0.3) is 0 Å². The molecule has 1 amide bonds. The highest BCUT2D eigenvalue weighted by Crippen LogP contribution is 2.43. The zero-order chi connectivity index (χ0) is 14.7. The van der Waals surface area contributed by atoms with Crippen LogP contribution in [0.15, 0.2) is 24.3 Å². The number of hydrogen-bond acceptors (Lipinski definition) is 1. The minimum Gasteiger partial charge on any atom is -0.350 e. The van der Waals surface area contributed by atoms with Gasteiger partial charge < -0.3 is 5.32 Å². The van der Waals surface area contributed by atoms with E-state index in [0.29, 0.717) is 5.92 Å². The maximum atomic E-state index is 13.5. The van der Waals surface area contributed by atoms with Crippen molar-refractivity contribution in [3.63, 3.8) is 0 Å². The largest absolute Gasteiger partial charge is 0.350 e. The molecular formula is C17H22FNO. The van der Waals surface area contributed by atoms with E-state index < -0.39 is 0 Å². The molecule has 1 aliphatic rings. The molecule has 1 atom stereocenters. The number of allylic oxidation sites excluding steroid dienone is 1. The van der Waals surface area contributed by atoms with Crippen LogP contribution in [0.1, 0.15) is 57.1 Å². The van der Waals surface area contributed by atoms with Crippen LogP contribution >= 0.6 is 0 Å². The molecular weight excluding hydrogens is 253 g/mol. The van der Waals surface area contributed by atoms with Crippen LogP contribution in [-0.4, -0.2) is 11.9 Å². The summed E-state index contributed by atoms with van der Waals surface area (Å²) in [4.78, 5) is 11.9. The van der Waals surface area contributed by atoms with E-state index in [1.807, 2.05) is 19.9 Å². The minimum atomic E-state index is -0.240. The molecule has 0 fully saturated rings. The van der Waals surface area contributed by atoms with Gasteiger partial charge in [-0.05, 0) is 61.4 Å². The van der Waals surface area contributed by atoms with Crippen LogP contribution < -0.4 is 5.32 Å². The zero-order valence-corrected chi connectivity index (χ0v) is 12.4. The molecule has 1 aromatic carbocycles. The summed E-state index contributed by atoms with van der Waals surface area (Å²) in [6, 6.07) is 5.05. The number of nitrogens with one attached hydrogen (secondary N) is 1. The van der Waals surface area contributed by atoms with Crippen LogP contribution in [-0.2, 0) is 4.79 Å². The van der Waals surface area contributed by atoms with Gasteiger partial charge in [0.15, 0.2) is 0 Å². The third-order valence-electron chi connectivity index (χ3n) is 3.64. The Balaban J connectivity index is 2.31. The second kappa shape index (κ2) is 6.21. The highest BCUT2D eigenvalue weighted by molar-refractivity contribution is 5.96. The molecule has 0 saturated carbocycles. The molecule has 1 N–H and O–H groups in total. The van der Waals surface area contributed by atoms with E-state index in [2.05, 4.69) is 12.2 Å². The van der Waals surface area contributed by atoms with Crippen LogP contribution in [0.3, 0.4) is 0 Å². The Labute approximate surface area is 120 Å². The molecule has 0 bridgehead atoms. The van der Waals surface area contributed by atoms with Crippen LogP contribution in [0.25, 0.3) is 5.57 Å². The van der Waals surface area contributed by atoms with Crippen molar-refractivity contribution in [1.82, 2.24) is 5.32 Å². The SMILES string of the molecule is CCCC1C/C(=C\C(=O)NC(C)C)c2cc(F)ccc21. The smallest absolute Gasteiger partial charge is 0.244 e. The first kappa shape index (κ1) is 14.8. The first-order valence-electron chi connectivity index (χ1n) is 7.32. The third-order valence-corrected chi connectivity index (χ3v) is 3.64. The van der Waals surface area contributed by atoms with Crippen molar-refractivity contribution in [2.24, 2.45) is 0 Å². The lowest BCUT2D eigenvalue weighted by Crippen LogP contribution is -2.28. The Kier molecular flexibility index (Phi) is 4.58. The summed E-state index contributed by atoms with van der Waals surface area (Å²) in [5.41, 5.74) is 3.04. The normalized spacial score (nSPS) is 19.4. The highest BCUT2D eigenvalue weighted by Gasteiger charge is 2.26. The fourth-order valence-corrected chi connectivity index (χ4v) is 2.88. The first-order chi connectivity index (χ1) is 9.51. The maximum absolute atomic E-state index is 13.5. The van der Waals surface area contributed by atoms with Gasteiger partial charge in [0, 0.05) is 12.1 Å². The molecule has 0 aliphatic heterocycles. The second-order valence-electron chi connectivity index (χ2n) is 5.75. The number of hydrogen-bond donors (Lipinski definition) is 1. The van der Waals surface area contributed by atoms with E-state index in [4.69, 9.17) is 0 Å². The number of benzene rings is 1. The Bertz CT molecular complexity index is 534. The molecule has 1 aromatic rings. The van der Waals surface area contributed by atoms with Crippen molar-refractivity contribution >= 4 is 11.5 Å². The van der Waals surface area contributed by atoms with Crippen LogP contribution in [0.2, 0.25) is 0 Å². The quantitative estimate of drug-likeness (QED) is 0.826. The zero-order valence-electron chi connectivity index (χ0n) is 12.4. The Morgan fingerprint density at radius 3 is 2.90 bits per heavy atom. The van der Waals surface area contributed by atoms with Gasteiger partial charge in [-0.15, -0.1) is 0 Å². The molecule has 3 heteroatoms. The molecule has 0 spiro atoms. The lowest BCUT2D eigenvalue weighted by Gasteiger charge is -2.08. The molecule has 1 unspecified atom stereocenters. The van der Waals surface area contributed by atoms with Crippen molar-refractivity contribution in [2.45, 2.75) is 52.0 Å². The van der Waals surface area contributed by atoms with Gasteiger partial charge in [-0.25, -0.2) is 4.39 Å². The number of carbonyl (C=O) groups excluding carboxylic acids is 1. The number of amides is 1. The summed E-state index contributed by atoms with van der Waals surface area (Å²) in [6.45, 7) is 6.01. The topological polar surface area (TPSA) is 29.1 Å². The lowest BCUT2D eigenvalue weighted by atomic mass is 9.97. The predicted octanol–water partition coefficient (Wildman–Crippen LogP) is 4.02. The van der Waals surface area contributed by atoms with Crippen LogP contribution in [0.4, 0.5) is 4.39 Å². The summed E-state index contributed by atoms with van der Waals surface area (Å²) in [6.07, 6.45) is 4.63. The van der Waals surface area contributed by atoms with Gasteiger partial charge >= 0.3 is 0 Å². The molecule has 20 heavy (non-hydrogen) atoms. The molecule has 108 valence electrons. The summed E-state index contributed by atoms with van der Waals surface area (Å²) in [5, 5.41) is 2.85. The molecule has 0 aromatic heterocycles. The van der Waals surface area contributed by atoms with Gasteiger partial charge in [0.05, 0.1) is 0 Å². The second-order valence-corrected chi connectivity index (χ2v) is 5.75. The van der Waals surface area contributed by atoms with Crippen LogP contribution in [0, 0.1) is 5.82 Å². The summed E-state index contributed by atoms with van der Waals surface area (Å²) < 4.78 is 13.5. The van der Waals surface area contributed by atoms with Crippen LogP contribution in [0.5, 0.6) is 0 Å². The van der Waals surface area contributed by atoms with E-state index in [1.165, 1.54) is 11.6 Å². The standard InChI is InChI=1S/C17H22FNO/c1-4-5-12-8-13(9-17(20)19-11(2)3)16-10-14(18)6-7-15(12)16/h6-7,9-12H,4-5,8H2,1-3H3,(H,19,20)/b13-9+. The van der Waals surface area contributed by atoms with Crippen molar-refractivity contribution in [1.29, 1.82) is 0 Å². The summed E-state index contributed by atoms with van der Waals surface area (Å²) in [5.74, 6) is 0.0760. The van der Waals surface area contributed by atoms with E-state index in [9.17, 15) is 9.18 Å². The Hall–Kier alpha value is -1.64. The summed E-state index contributed by atoms with van der Waals surface area (Å²) in [7, 11) is 0. The molecule has 0 saturated heterocycles. The van der Waals surface area contributed by atoms with Crippen molar-refractivity contribution in [2.75, 3.05) is 0 Å². The molecule has 2 rings (SSSR count). The van der Waals surface area contributed by atoms with Gasteiger partial charge in [0.1, 0.15) is 5.82 Å². The predicted molar refractivity (Wildman–Crippen MR) is 79.9 cm³/mol. The number of fused-ring (bicyclic) bond motifs is 1. The van der Waals surface area contributed by atoms with Crippen molar-refractivity contribution < 1.29 is 9.18 Å². The monoisotopic (exact) mass is 275 g/mol. The van der Waals surface area contributed by atoms with Crippen molar-refractivity contribution in [3.05, 3.63) is 41.2 Å². The van der Waals surface area contributed by atoms with Gasteiger partial charge in [0.2, 0.25) is 5.91 Å². The average molecular weight is 275 g/mol. The summed E-state index contributed by atoms with van der Waals surface area (Å²) >= 11 is 0. The average Bonchev–Trinajstić information content (AvgIpc) is 2.66. The fraction of sp³-hybridized carbons (Fsp3) is 0.471. The van der Waals surface area contributed by atoms with E-state index >= 15 is 0 Å². The van der Waals surface area contributed by atoms with Crippen molar-refractivity contribution in [3.8, 4) is 0 Å². The van der Waals surface area contributed by atoms with E-state index in [-0.39, 0.29) is 17.8 Å². The molecule has 2 nitrogen and oxygen atoms in total. The fourth-order valence-electron chi connectivity index (χ4n) is 2.88. The van der Waals surface area contributed by atoms with Gasteiger partial charge in [-0.3, -0.25) is 4.79 Å². The lowest BCUT2D eigenvalue weighted by molar-refractivity contribution is -0.116.